The first-order valence-corrected chi connectivity index (χ1v) is 8.77. The second-order valence-corrected chi connectivity index (χ2v) is 5.88. The highest BCUT2D eigenvalue weighted by molar-refractivity contribution is 7.80. The Morgan fingerprint density at radius 2 is 1.23 bits per heavy atom. The number of hydrogen-bond acceptors (Lipinski definition) is 3. The van der Waals surface area contributed by atoms with Gasteiger partial charge in [-0.15, -0.1) is 0 Å². The van der Waals surface area contributed by atoms with Gasteiger partial charge < -0.3 is 20.1 Å². The van der Waals surface area contributed by atoms with Crippen molar-refractivity contribution in [2.75, 3.05) is 17.2 Å². The van der Waals surface area contributed by atoms with E-state index in [1.807, 2.05) is 85.8 Å². The van der Waals surface area contributed by atoms with Crippen molar-refractivity contribution in [2.45, 2.75) is 6.92 Å². The van der Waals surface area contributed by atoms with Crippen molar-refractivity contribution in [2.24, 2.45) is 0 Å². The molecule has 2 N–H and O–H groups in total. The zero-order valence-corrected chi connectivity index (χ0v) is 15.3. The minimum Gasteiger partial charge on any atom is -0.494 e. The lowest BCUT2D eigenvalue weighted by Crippen LogP contribution is -2.18. The zero-order chi connectivity index (χ0) is 18.2. The molecular weight excluding hydrogens is 344 g/mol. The van der Waals surface area contributed by atoms with Crippen molar-refractivity contribution >= 4 is 28.7 Å². The van der Waals surface area contributed by atoms with Crippen molar-refractivity contribution in [1.82, 2.24) is 0 Å². The van der Waals surface area contributed by atoms with Crippen LogP contribution in [0.2, 0.25) is 0 Å². The largest absolute Gasteiger partial charge is 0.494 e. The monoisotopic (exact) mass is 364 g/mol. The van der Waals surface area contributed by atoms with Gasteiger partial charge in [-0.2, -0.15) is 0 Å². The summed E-state index contributed by atoms with van der Waals surface area (Å²) in [5, 5.41) is 6.83. The number of anilines is 2. The number of rotatable bonds is 6. The predicted octanol–water partition coefficient (Wildman–Crippen LogP) is 5.69. The molecular formula is C21H20N2O2S. The van der Waals surface area contributed by atoms with Gasteiger partial charge in [0.25, 0.3) is 0 Å². The van der Waals surface area contributed by atoms with Crippen LogP contribution in [0.4, 0.5) is 11.4 Å². The minimum atomic E-state index is 0.538. The summed E-state index contributed by atoms with van der Waals surface area (Å²) in [4.78, 5) is 0. The molecule has 132 valence electrons. The summed E-state index contributed by atoms with van der Waals surface area (Å²) >= 11 is 5.32. The van der Waals surface area contributed by atoms with Gasteiger partial charge in [-0.25, -0.2) is 0 Å². The Kier molecular flexibility index (Phi) is 6.06. The fraction of sp³-hybridized carbons (Fsp3) is 0.0952. The number of benzene rings is 3. The first-order valence-electron chi connectivity index (χ1n) is 8.37. The van der Waals surface area contributed by atoms with Gasteiger partial charge in [-0.3, -0.25) is 0 Å². The highest BCUT2D eigenvalue weighted by Crippen LogP contribution is 2.25. The molecule has 0 atom stereocenters. The third kappa shape index (κ3) is 5.22. The molecule has 5 heteroatoms. The van der Waals surface area contributed by atoms with Crippen molar-refractivity contribution in [1.29, 1.82) is 0 Å². The summed E-state index contributed by atoms with van der Waals surface area (Å²) < 4.78 is 11.3. The fourth-order valence-corrected chi connectivity index (χ4v) is 2.56. The van der Waals surface area contributed by atoms with Crippen LogP contribution in [-0.2, 0) is 0 Å². The average molecular weight is 364 g/mol. The molecule has 0 amide bonds. The normalized spacial score (nSPS) is 10.0. The molecule has 3 aromatic rings. The van der Waals surface area contributed by atoms with Crippen LogP contribution in [0.15, 0.2) is 78.9 Å². The van der Waals surface area contributed by atoms with E-state index in [0.29, 0.717) is 11.7 Å². The van der Waals surface area contributed by atoms with Crippen LogP contribution < -0.4 is 20.1 Å². The van der Waals surface area contributed by atoms with Gasteiger partial charge in [-0.05, 0) is 79.8 Å². The molecule has 0 aliphatic heterocycles. The Hall–Kier alpha value is -3.05. The molecule has 0 fully saturated rings. The lowest BCUT2D eigenvalue weighted by molar-refractivity contribution is 0.339. The Morgan fingerprint density at radius 3 is 1.81 bits per heavy atom. The van der Waals surface area contributed by atoms with Crippen LogP contribution in [0.3, 0.4) is 0 Å². The van der Waals surface area contributed by atoms with Crippen molar-refractivity contribution in [3.8, 4) is 17.2 Å². The highest BCUT2D eigenvalue weighted by Gasteiger charge is 2.01. The summed E-state index contributed by atoms with van der Waals surface area (Å²) in [7, 11) is 0. The minimum absolute atomic E-state index is 0.538. The van der Waals surface area contributed by atoms with E-state index < -0.39 is 0 Å². The maximum Gasteiger partial charge on any atom is 0.175 e. The molecule has 0 aliphatic rings. The average Bonchev–Trinajstić information content (AvgIpc) is 2.66. The van der Waals surface area contributed by atoms with Crippen LogP contribution in [-0.4, -0.2) is 11.7 Å². The summed E-state index contributed by atoms with van der Waals surface area (Å²) in [6.07, 6.45) is 0. The van der Waals surface area contributed by atoms with E-state index in [9.17, 15) is 0 Å². The van der Waals surface area contributed by atoms with Crippen molar-refractivity contribution in [3.05, 3.63) is 78.9 Å². The molecule has 3 rings (SSSR count). The molecule has 3 aromatic carbocycles. The summed E-state index contributed by atoms with van der Waals surface area (Å²) in [5.41, 5.74) is 1.83. The third-order valence-electron chi connectivity index (χ3n) is 3.51. The number of ether oxygens (including phenoxy) is 2. The van der Waals surface area contributed by atoms with Gasteiger partial charge >= 0.3 is 0 Å². The number of para-hydroxylation sites is 1. The van der Waals surface area contributed by atoms with Crippen molar-refractivity contribution in [3.63, 3.8) is 0 Å². The third-order valence-corrected chi connectivity index (χ3v) is 3.72. The Bertz CT molecular complexity index is 834. The van der Waals surface area contributed by atoms with Gasteiger partial charge in [0, 0.05) is 11.4 Å². The number of hydrogen-bond donors (Lipinski definition) is 2. The zero-order valence-electron chi connectivity index (χ0n) is 14.4. The quantitative estimate of drug-likeness (QED) is 0.550. The van der Waals surface area contributed by atoms with Gasteiger partial charge in [0.2, 0.25) is 0 Å². The van der Waals surface area contributed by atoms with E-state index in [1.165, 1.54) is 0 Å². The lowest BCUT2D eigenvalue weighted by Gasteiger charge is -2.11. The fourth-order valence-electron chi connectivity index (χ4n) is 2.33. The van der Waals surface area contributed by atoms with E-state index in [1.54, 1.807) is 0 Å². The standard InChI is InChI=1S/C21H20N2O2S/c1-2-24-18-12-14-20(15-13-18)25-19-10-8-17(9-11-19)23-21(26)22-16-6-4-3-5-7-16/h3-15H,2H2,1H3,(H2,22,23,26). The summed E-state index contributed by atoms with van der Waals surface area (Å²) in [5.74, 6) is 2.34. The van der Waals surface area contributed by atoms with Crippen LogP contribution in [0.1, 0.15) is 6.92 Å². The Balaban J connectivity index is 1.55. The molecule has 0 bridgehead atoms. The smallest absolute Gasteiger partial charge is 0.175 e. The molecule has 26 heavy (non-hydrogen) atoms. The summed E-state index contributed by atoms with van der Waals surface area (Å²) in [6, 6.07) is 25.0. The Morgan fingerprint density at radius 1 is 0.731 bits per heavy atom. The highest BCUT2D eigenvalue weighted by atomic mass is 32.1. The van der Waals surface area contributed by atoms with Gasteiger partial charge in [0.1, 0.15) is 17.2 Å². The van der Waals surface area contributed by atoms with E-state index in [-0.39, 0.29) is 0 Å². The van der Waals surface area contributed by atoms with Gasteiger partial charge in [0.05, 0.1) is 6.61 Å². The topological polar surface area (TPSA) is 42.5 Å². The van der Waals surface area contributed by atoms with Gasteiger partial charge in [-0.1, -0.05) is 18.2 Å². The van der Waals surface area contributed by atoms with E-state index in [0.717, 1.165) is 28.6 Å². The molecule has 4 nitrogen and oxygen atoms in total. The second-order valence-electron chi connectivity index (χ2n) is 5.48. The Labute approximate surface area is 158 Å². The molecule has 0 aliphatic carbocycles. The molecule has 0 saturated carbocycles. The SMILES string of the molecule is CCOc1ccc(Oc2ccc(NC(=S)Nc3ccccc3)cc2)cc1. The van der Waals surface area contributed by atoms with Crippen molar-refractivity contribution < 1.29 is 9.47 Å². The van der Waals surface area contributed by atoms with E-state index >= 15 is 0 Å². The second kappa shape index (κ2) is 8.87. The predicted molar refractivity (Wildman–Crippen MR) is 110 cm³/mol. The van der Waals surface area contributed by atoms with Gasteiger partial charge in [0.15, 0.2) is 5.11 Å². The van der Waals surface area contributed by atoms with E-state index in [4.69, 9.17) is 21.7 Å². The maximum absolute atomic E-state index is 5.84. The summed E-state index contributed by atoms with van der Waals surface area (Å²) in [6.45, 7) is 2.61. The molecule has 0 radical (unpaired) electrons. The first kappa shape index (κ1) is 17.8. The lowest BCUT2D eigenvalue weighted by atomic mass is 10.3. The molecule has 0 spiro atoms. The van der Waals surface area contributed by atoms with Crippen LogP contribution in [0, 0.1) is 0 Å². The maximum atomic E-state index is 5.84. The number of thiocarbonyl (C=S) groups is 1. The van der Waals surface area contributed by atoms with Crippen LogP contribution in [0.5, 0.6) is 17.2 Å². The molecule has 0 heterocycles. The van der Waals surface area contributed by atoms with E-state index in [2.05, 4.69) is 10.6 Å². The molecule has 0 saturated heterocycles. The van der Waals surface area contributed by atoms with Crippen LogP contribution in [0.25, 0.3) is 0 Å². The first-order chi connectivity index (χ1) is 12.7. The molecule has 0 unspecified atom stereocenters. The van der Waals surface area contributed by atoms with Crippen LogP contribution >= 0.6 is 12.2 Å². The molecule has 0 aromatic heterocycles. The number of nitrogens with one attached hydrogen (secondary N) is 2.